The third kappa shape index (κ3) is 3.68. The van der Waals surface area contributed by atoms with Crippen LogP contribution in [0.1, 0.15) is 53.4 Å². The van der Waals surface area contributed by atoms with Crippen molar-refractivity contribution in [3.05, 3.63) is 0 Å². The normalized spacial score (nSPS) is 29.3. The van der Waals surface area contributed by atoms with Crippen molar-refractivity contribution in [2.24, 2.45) is 5.92 Å². The minimum atomic E-state index is 0.869. The summed E-state index contributed by atoms with van der Waals surface area (Å²) in [6, 6.07) is 0.869. The molecule has 2 unspecified atom stereocenters. The van der Waals surface area contributed by atoms with Crippen molar-refractivity contribution < 1.29 is 0 Å². The van der Waals surface area contributed by atoms with E-state index in [-0.39, 0.29) is 0 Å². The maximum atomic E-state index is 2.54. The topological polar surface area (TPSA) is 3.24 Å². The summed E-state index contributed by atoms with van der Waals surface area (Å²) in [7, 11) is 2.27. The second-order valence-electron chi connectivity index (χ2n) is 3.77. The van der Waals surface area contributed by atoms with Gasteiger partial charge in [-0.2, -0.15) is 0 Å². The highest BCUT2D eigenvalue weighted by Crippen LogP contribution is 2.26. The van der Waals surface area contributed by atoms with E-state index in [1.54, 1.807) is 0 Å². The lowest BCUT2D eigenvalue weighted by Crippen LogP contribution is -2.41. The molecule has 80 valence electrons. The highest BCUT2D eigenvalue weighted by molar-refractivity contribution is 4.80. The van der Waals surface area contributed by atoms with Gasteiger partial charge in [-0.05, 0) is 38.8 Å². The van der Waals surface area contributed by atoms with E-state index in [9.17, 15) is 0 Å². The first kappa shape index (κ1) is 13.0. The third-order valence-corrected chi connectivity index (χ3v) is 3.14. The van der Waals surface area contributed by atoms with Gasteiger partial charge in [0.1, 0.15) is 0 Å². The number of likely N-dealkylation sites (tertiary alicyclic amines) is 1. The molecular weight excluding hydrogens is 158 g/mol. The van der Waals surface area contributed by atoms with E-state index in [0.717, 1.165) is 12.0 Å². The predicted octanol–water partition coefficient (Wildman–Crippen LogP) is 3.54. The summed E-state index contributed by atoms with van der Waals surface area (Å²) >= 11 is 0. The van der Waals surface area contributed by atoms with Gasteiger partial charge in [0.25, 0.3) is 0 Å². The Morgan fingerprint density at radius 3 is 2.15 bits per heavy atom. The molecule has 13 heavy (non-hydrogen) atoms. The fraction of sp³-hybridized carbons (Fsp3) is 1.00. The average molecular weight is 185 g/mol. The number of hydrogen-bond donors (Lipinski definition) is 0. The van der Waals surface area contributed by atoms with Crippen LogP contribution in [-0.4, -0.2) is 24.5 Å². The van der Waals surface area contributed by atoms with E-state index in [4.69, 9.17) is 0 Å². The summed E-state index contributed by atoms with van der Waals surface area (Å²) < 4.78 is 0. The molecule has 0 N–H and O–H groups in total. The minimum Gasteiger partial charge on any atom is -0.303 e. The third-order valence-electron chi connectivity index (χ3n) is 3.14. The lowest BCUT2D eigenvalue weighted by atomic mass is 9.86. The Kier molecular flexibility index (Phi) is 7.35. The van der Waals surface area contributed by atoms with Crippen LogP contribution in [0.15, 0.2) is 0 Å². The maximum absolute atomic E-state index is 2.54. The van der Waals surface area contributed by atoms with Crippen LogP contribution in [0, 0.1) is 5.92 Å². The quantitative estimate of drug-likeness (QED) is 0.636. The van der Waals surface area contributed by atoms with Gasteiger partial charge in [0, 0.05) is 6.04 Å². The van der Waals surface area contributed by atoms with Crippen molar-refractivity contribution >= 4 is 0 Å². The van der Waals surface area contributed by atoms with Crippen LogP contribution >= 0.6 is 0 Å². The van der Waals surface area contributed by atoms with E-state index in [1.807, 2.05) is 13.8 Å². The second-order valence-corrected chi connectivity index (χ2v) is 3.77. The van der Waals surface area contributed by atoms with Gasteiger partial charge in [-0.3, -0.25) is 0 Å². The van der Waals surface area contributed by atoms with Crippen LogP contribution in [0.25, 0.3) is 0 Å². The van der Waals surface area contributed by atoms with Crippen molar-refractivity contribution in [2.45, 2.75) is 59.4 Å². The first-order valence-electron chi connectivity index (χ1n) is 5.99. The molecule has 1 heterocycles. The minimum absolute atomic E-state index is 0.869. The van der Waals surface area contributed by atoms with Gasteiger partial charge in [0.15, 0.2) is 0 Å². The molecule has 0 aromatic rings. The fourth-order valence-corrected chi connectivity index (χ4v) is 2.44. The van der Waals surface area contributed by atoms with Gasteiger partial charge in [-0.15, -0.1) is 0 Å². The number of nitrogens with zero attached hydrogens (tertiary/aromatic N) is 1. The SMILES string of the molecule is CC.CCC1CCCN(C)C1CC. The molecule has 1 aliphatic heterocycles. The molecule has 0 bridgehead atoms. The molecule has 1 rings (SSSR count). The Labute approximate surface area is 84.5 Å². The summed E-state index contributed by atoms with van der Waals surface area (Å²) in [6.07, 6.45) is 5.56. The zero-order valence-electron chi connectivity index (χ0n) is 10.1. The van der Waals surface area contributed by atoms with Crippen LogP contribution in [-0.2, 0) is 0 Å². The van der Waals surface area contributed by atoms with Crippen LogP contribution in [0.4, 0.5) is 0 Å². The van der Waals surface area contributed by atoms with Crippen molar-refractivity contribution in [1.29, 1.82) is 0 Å². The molecule has 0 saturated carbocycles. The molecule has 1 fully saturated rings. The van der Waals surface area contributed by atoms with E-state index < -0.39 is 0 Å². The lowest BCUT2D eigenvalue weighted by Gasteiger charge is -2.38. The molecule has 1 aliphatic rings. The van der Waals surface area contributed by atoms with Crippen molar-refractivity contribution in [3.8, 4) is 0 Å². The first-order chi connectivity index (χ1) is 6.29. The molecule has 1 nitrogen and oxygen atoms in total. The Bertz CT molecular complexity index is 112. The first-order valence-corrected chi connectivity index (χ1v) is 5.99. The summed E-state index contributed by atoms with van der Waals surface area (Å²) in [6.45, 7) is 9.96. The zero-order chi connectivity index (χ0) is 10.3. The van der Waals surface area contributed by atoms with Crippen LogP contribution in [0.3, 0.4) is 0 Å². The van der Waals surface area contributed by atoms with E-state index >= 15 is 0 Å². The monoisotopic (exact) mass is 185 g/mol. The lowest BCUT2D eigenvalue weighted by molar-refractivity contribution is 0.114. The van der Waals surface area contributed by atoms with Crippen molar-refractivity contribution in [3.63, 3.8) is 0 Å². The molecule has 0 radical (unpaired) electrons. The molecule has 2 atom stereocenters. The van der Waals surface area contributed by atoms with Crippen LogP contribution in [0.5, 0.6) is 0 Å². The number of piperidine rings is 1. The van der Waals surface area contributed by atoms with Crippen molar-refractivity contribution in [2.75, 3.05) is 13.6 Å². The Morgan fingerprint density at radius 2 is 1.77 bits per heavy atom. The fourth-order valence-electron chi connectivity index (χ4n) is 2.44. The van der Waals surface area contributed by atoms with Gasteiger partial charge >= 0.3 is 0 Å². The highest BCUT2D eigenvalue weighted by Gasteiger charge is 2.25. The summed E-state index contributed by atoms with van der Waals surface area (Å²) in [5.74, 6) is 0.971. The molecule has 0 aromatic carbocycles. The number of hydrogen-bond acceptors (Lipinski definition) is 1. The smallest absolute Gasteiger partial charge is 0.0118 e. The maximum Gasteiger partial charge on any atom is 0.0118 e. The van der Waals surface area contributed by atoms with Crippen LogP contribution < -0.4 is 0 Å². The van der Waals surface area contributed by atoms with E-state index in [2.05, 4.69) is 25.8 Å². The Hall–Kier alpha value is -0.0400. The van der Waals surface area contributed by atoms with Gasteiger partial charge < -0.3 is 4.90 Å². The standard InChI is InChI=1S/C10H21N.C2H6/c1-4-9-7-6-8-11(3)10(9)5-2;1-2/h9-10H,4-8H2,1-3H3;1-2H3. The van der Waals surface area contributed by atoms with Gasteiger partial charge in [0.05, 0.1) is 0 Å². The van der Waals surface area contributed by atoms with Gasteiger partial charge in [-0.1, -0.05) is 34.1 Å². The number of rotatable bonds is 2. The highest BCUT2D eigenvalue weighted by atomic mass is 15.1. The summed E-state index contributed by atoms with van der Waals surface area (Å²) in [5.41, 5.74) is 0. The molecule has 0 aliphatic carbocycles. The molecule has 0 spiro atoms. The van der Waals surface area contributed by atoms with Gasteiger partial charge in [0.2, 0.25) is 0 Å². The summed E-state index contributed by atoms with van der Waals surface area (Å²) in [5, 5.41) is 0. The Morgan fingerprint density at radius 1 is 1.15 bits per heavy atom. The zero-order valence-corrected chi connectivity index (χ0v) is 10.1. The molecule has 0 amide bonds. The average Bonchev–Trinajstić information content (AvgIpc) is 2.20. The predicted molar refractivity (Wildman–Crippen MR) is 61.1 cm³/mol. The second kappa shape index (κ2) is 7.37. The van der Waals surface area contributed by atoms with Gasteiger partial charge in [-0.25, -0.2) is 0 Å². The van der Waals surface area contributed by atoms with Crippen LogP contribution in [0.2, 0.25) is 0 Å². The van der Waals surface area contributed by atoms with Crippen molar-refractivity contribution in [1.82, 2.24) is 4.90 Å². The largest absolute Gasteiger partial charge is 0.303 e. The summed E-state index contributed by atoms with van der Waals surface area (Å²) in [4.78, 5) is 2.54. The van der Waals surface area contributed by atoms with E-state index in [0.29, 0.717) is 0 Å². The molecule has 1 heteroatoms. The van der Waals surface area contributed by atoms with E-state index in [1.165, 1.54) is 32.2 Å². The molecule has 0 aromatic heterocycles. The Balaban J connectivity index is 0.000000671. The molecule has 1 saturated heterocycles. The molecular formula is C12H27N.